The van der Waals surface area contributed by atoms with Crippen LogP contribution in [0.2, 0.25) is 0 Å². The van der Waals surface area contributed by atoms with E-state index < -0.39 is 0 Å². The van der Waals surface area contributed by atoms with E-state index >= 15 is 0 Å². The topological polar surface area (TPSA) is 52.4 Å². The van der Waals surface area contributed by atoms with Crippen LogP contribution in [0.3, 0.4) is 0 Å². The molecule has 0 bridgehead atoms. The summed E-state index contributed by atoms with van der Waals surface area (Å²) in [7, 11) is 3.38. The van der Waals surface area contributed by atoms with Crippen molar-refractivity contribution in [3.8, 4) is 11.5 Å². The Morgan fingerprint density at radius 3 is 2.55 bits per heavy atom. The minimum absolute atomic E-state index is 0.528. The third kappa shape index (κ3) is 3.39. The van der Waals surface area contributed by atoms with Crippen LogP contribution in [0.15, 0.2) is 30.9 Å². The molecule has 1 atom stereocenters. The van der Waals surface area contributed by atoms with Crippen molar-refractivity contribution in [2.45, 2.75) is 18.9 Å². The zero-order valence-corrected chi connectivity index (χ0v) is 13.1. The maximum Gasteiger partial charge on any atom is 0.137 e. The molecule has 1 fully saturated rings. The fourth-order valence-electron chi connectivity index (χ4n) is 2.97. The number of hydrogen-bond donors (Lipinski definition) is 0. The minimum atomic E-state index is 0.528. The van der Waals surface area contributed by atoms with Crippen molar-refractivity contribution in [2.75, 3.05) is 33.9 Å². The molecule has 0 saturated carbocycles. The van der Waals surface area contributed by atoms with Crippen molar-refractivity contribution in [1.29, 1.82) is 0 Å². The molecule has 22 heavy (non-hydrogen) atoms. The van der Waals surface area contributed by atoms with Gasteiger partial charge in [0.2, 0.25) is 0 Å². The van der Waals surface area contributed by atoms with E-state index in [1.54, 1.807) is 26.9 Å². The van der Waals surface area contributed by atoms with E-state index in [4.69, 9.17) is 9.47 Å². The molecule has 1 aliphatic heterocycles. The van der Waals surface area contributed by atoms with Gasteiger partial charge in [0.05, 0.1) is 20.8 Å². The van der Waals surface area contributed by atoms with Crippen LogP contribution in [0, 0.1) is 0 Å². The Kier molecular flexibility index (Phi) is 4.58. The van der Waals surface area contributed by atoms with Crippen molar-refractivity contribution in [1.82, 2.24) is 19.7 Å². The summed E-state index contributed by atoms with van der Waals surface area (Å²) in [4.78, 5) is 6.44. The SMILES string of the molecule is COc1cc(OC)cc([C@@H]2CCN(CCn3cncn3)C2)c1. The molecule has 2 aromatic rings. The summed E-state index contributed by atoms with van der Waals surface area (Å²) in [5.74, 6) is 2.24. The summed E-state index contributed by atoms with van der Waals surface area (Å²) in [6.07, 6.45) is 4.50. The van der Waals surface area contributed by atoms with Crippen LogP contribution in [0.5, 0.6) is 11.5 Å². The van der Waals surface area contributed by atoms with Crippen molar-refractivity contribution >= 4 is 0 Å². The summed E-state index contributed by atoms with van der Waals surface area (Å²) in [6, 6.07) is 6.16. The first-order valence-corrected chi connectivity index (χ1v) is 7.56. The van der Waals surface area contributed by atoms with Gasteiger partial charge in [-0.05, 0) is 36.6 Å². The summed E-state index contributed by atoms with van der Waals surface area (Å²) in [6.45, 7) is 4.05. The summed E-state index contributed by atoms with van der Waals surface area (Å²) in [5, 5.41) is 4.15. The molecule has 0 N–H and O–H groups in total. The van der Waals surface area contributed by atoms with E-state index in [1.165, 1.54) is 5.56 Å². The zero-order valence-electron chi connectivity index (χ0n) is 13.1. The zero-order chi connectivity index (χ0) is 15.4. The Balaban J connectivity index is 1.62. The van der Waals surface area contributed by atoms with Gasteiger partial charge in [-0.2, -0.15) is 5.10 Å². The molecule has 1 aromatic carbocycles. The molecule has 0 spiro atoms. The lowest BCUT2D eigenvalue weighted by molar-refractivity contribution is 0.311. The van der Waals surface area contributed by atoms with Gasteiger partial charge in [-0.3, -0.25) is 4.68 Å². The second-order valence-corrected chi connectivity index (χ2v) is 5.59. The number of aromatic nitrogens is 3. The van der Waals surface area contributed by atoms with E-state index in [9.17, 15) is 0 Å². The summed E-state index contributed by atoms with van der Waals surface area (Å²) >= 11 is 0. The second-order valence-electron chi connectivity index (χ2n) is 5.59. The number of nitrogens with zero attached hydrogens (tertiary/aromatic N) is 4. The second kappa shape index (κ2) is 6.79. The summed E-state index contributed by atoms with van der Waals surface area (Å²) < 4.78 is 12.6. The van der Waals surface area contributed by atoms with Crippen molar-refractivity contribution in [3.05, 3.63) is 36.4 Å². The number of methoxy groups -OCH3 is 2. The molecule has 0 amide bonds. The third-order valence-corrected chi connectivity index (χ3v) is 4.23. The minimum Gasteiger partial charge on any atom is -0.497 e. The van der Waals surface area contributed by atoms with Crippen LogP contribution >= 0.6 is 0 Å². The summed E-state index contributed by atoms with van der Waals surface area (Å²) in [5.41, 5.74) is 1.29. The van der Waals surface area contributed by atoms with Gasteiger partial charge in [0.25, 0.3) is 0 Å². The van der Waals surface area contributed by atoms with Gasteiger partial charge in [0.15, 0.2) is 0 Å². The van der Waals surface area contributed by atoms with Crippen LogP contribution in [0.25, 0.3) is 0 Å². The average Bonchev–Trinajstić information content (AvgIpc) is 3.23. The molecule has 2 heterocycles. The molecular weight excluding hydrogens is 280 g/mol. The highest BCUT2D eigenvalue weighted by atomic mass is 16.5. The highest BCUT2D eigenvalue weighted by Crippen LogP contribution is 2.32. The van der Waals surface area contributed by atoms with Crippen molar-refractivity contribution in [3.63, 3.8) is 0 Å². The monoisotopic (exact) mass is 302 g/mol. The maximum absolute atomic E-state index is 5.37. The fraction of sp³-hybridized carbons (Fsp3) is 0.500. The van der Waals surface area contributed by atoms with Gasteiger partial charge in [0.1, 0.15) is 24.2 Å². The van der Waals surface area contributed by atoms with E-state index in [1.807, 2.05) is 10.7 Å². The Morgan fingerprint density at radius 1 is 1.14 bits per heavy atom. The first-order valence-electron chi connectivity index (χ1n) is 7.56. The lowest BCUT2D eigenvalue weighted by atomic mass is 9.98. The molecular formula is C16H22N4O2. The van der Waals surface area contributed by atoms with E-state index in [2.05, 4.69) is 27.1 Å². The molecule has 0 unspecified atom stereocenters. The van der Waals surface area contributed by atoms with E-state index in [0.717, 1.165) is 44.1 Å². The molecule has 3 rings (SSSR count). The predicted octanol–water partition coefficient (Wildman–Crippen LogP) is 1.78. The number of ether oxygens (including phenoxy) is 2. The molecule has 0 aliphatic carbocycles. The molecule has 1 saturated heterocycles. The third-order valence-electron chi connectivity index (χ3n) is 4.23. The van der Waals surface area contributed by atoms with Crippen LogP contribution in [0.4, 0.5) is 0 Å². The fourth-order valence-corrected chi connectivity index (χ4v) is 2.97. The molecule has 6 heteroatoms. The molecule has 1 aliphatic rings. The highest BCUT2D eigenvalue weighted by molar-refractivity contribution is 5.40. The van der Waals surface area contributed by atoms with Crippen LogP contribution < -0.4 is 9.47 Å². The number of likely N-dealkylation sites (tertiary alicyclic amines) is 1. The predicted molar refractivity (Wildman–Crippen MR) is 83.4 cm³/mol. The van der Waals surface area contributed by atoms with Gasteiger partial charge in [-0.25, -0.2) is 4.98 Å². The van der Waals surface area contributed by atoms with Gasteiger partial charge >= 0.3 is 0 Å². The quantitative estimate of drug-likeness (QED) is 0.814. The Morgan fingerprint density at radius 2 is 1.91 bits per heavy atom. The van der Waals surface area contributed by atoms with Gasteiger partial charge in [-0.1, -0.05) is 0 Å². The largest absolute Gasteiger partial charge is 0.497 e. The van der Waals surface area contributed by atoms with Crippen LogP contribution in [-0.4, -0.2) is 53.5 Å². The molecule has 118 valence electrons. The first kappa shape index (κ1) is 14.8. The Bertz CT molecular complexity index is 578. The van der Waals surface area contributed by atoms with Gasteiger partial charge < -0.3 is 14.4 Å². The van der Waals surface area contributed by atoms with Crippen LogP contribution in [0.1, 0.15) is 17.9 Å². The lowest BCUT2D eigenvalue weighted by Crippen LogP contribution is -2.25. The highest BCUT2D eigenvalue weighted by Gasteiger charge is 2.24. The lowest BCUT2D eigenvalue weighted by Gasteiger charge is -2.17. The van der Waals surface area contributed by atoms with E-state index in [0.29, 0.717) is 5.92 Å². The molecule has 0 radical (unpaired) electrons. The Labute approximate surface area is 130 Å². The average molecular weight is 302 g/mol. The molecule has 6 nitrogen and oxygen atoms in total. The van der Waals surface area contributed by atoms with Gasteiger partial charge in [0, 0.05) is 19.2 Å². The first-order chi connectivity index (χ1) is 10.8. The van der Waals surface area contributed by atoms with Crippen LogP contribution in [-0.2, 0) is 6.54 Å². The number of benzene rings is 1. The maximum atomic E-state index is 5.37. The normalized spacial score (nSPS) is 18.5. The number of hydrogen-bond acceptors (Lipinski definition) is 5. The van der Waals surface area contributed by atoms with Gasteiger partial charge in [-0.15, -0.1) is 0 Å². The molecule has 1 aromatic heterocycles. The standard InChI is InChI=1S/C16H22N4O2/c1-21-15-7-14(8-16(9-15)22-2)13-3-4-19(10-13)5-6-20-12-17-11-18-20/h7-9,11-13H,3-6,10H2,1-2H3/t13-/m1/s1. The van der Waals surface area contributed by atoms with Crippen molar-refractivity contribution in [2.24, 2.45) is 0 Å². The number of rotatable bonds is 6. The van der Waals surface area contributed by atoms with Crippen molar-refractivity contribution < 1.29 is 9.47 Å². The Hall–Kier alpha value is -2.08. The van der Waals surface area contributed by atoms with E-state index in [-0.39, 0.29) is 0 Å². The smallest absolute Gasteiger partial charge is 0.137 e.